The van der Waals surface area contributed by atoms with Gasteiger partial charge in [-0.2, -0.15) is 0 Å². The van der Waals surface area contributed by atoms with E-state index in [1.165, 1.54) is 12.1 Å². The molecule has 0 aliphatic carbocycles. The SMILES string of the molecule is CC(C)C(O)c1cc(O)c(OCC[18F])c(O)c1. The quantitative estimate of drug-likeness (QED) is 0.741. The van der Waals surface area contributed by atoms with E-state index in [1.54, 1.807) is 0 Å². The maximum Gasteiger partial charge on any atom is 0.203 e. The van der Waals surface area contributed by atoms with E-state index < -0.39 is 12.8 Å². The van der Waals surface area contributed by atoms with E-state index in [2.05, 4.69) is 0 Å². The third kappa shape index (κ3) is 3.23. The van der Waals surface area contributed by atoms with Crippen molar-refractivity contribution in [3.05, 3.63) is 17.7 Å². The number of benzene rings is 1. The lowest BCUT2D eigenvalue weighted by atomic mass is 9.98. The van der Waals surface area contributed by atoms with Gasteiger partial charge in [-0.25, -0.2) is 4.39 Å². The summed E-state index contributed by atoms with van der Waals surface area (Å²) in [6, 6.07) is 2.61. The predicted octanol–water partition coefficient (Wildman–Crippen LogP) is 2.14. The van der Waals surface area contributed by atoms with E-state index in [9.17, 15) is 19.7 Å². The molecule has 0 amide bonds. The Kier molecular flexibility index (Phi) is 4.57. The zero-order chi connectivity index (χ0) is 13.0. The van der Waals surface area contributed by atoms with E-state index in [0.717, 1.165) is 0 Å². The number of halogens is 1. The van der Waals surface area contributed by atoms with Crippen LogP contribution in [-0.4, -0.2) is 28.6 Å². The first-order valence-electron chi connectivity index (χ1n) is 5.40. The van der Waals surface area contributed by atoms with Crippen molar-refractivity contribution in [1.29, 1.82) is 0 Å². The van der Waals surface area contributed by atoms with Crippen LogP contribution in [0.4, 0.5) is 4.39 Å². The number of alkyl halides is 1. The number of ether oxygens (including phenoxy) is 1. The second-order valence-corrected chi connectivity index (χ2v) is 4.11. The fourth-order valence-corrected chi connectivity index (χ4v) is 1.46. The maximum atomic E-state index is 11.9. The lowest BCUT2D eigenvalue weighted by Crippen LogP contribution is -2.06. The number of rotatable bonds is 5. The first kappa shape index (κ1) is 13.6. The molecule has 0 radical (unpaired) electrons. The number of aliphatic hydroxyl groups excluding tert-OH is 1. The van der Waals surface area contributed by atoms with Crippen molar-refractivity contribution < 1.29 is 24.4 Å². The first-order valence-corrected chi connectivity index (χ1v) is 5.40. The van der Waals surface area contributed by atoms with Crippen LogP contribution in [-0.2, 0) is 0 Å². The number of phenolic OH excluding ortho intramolecular Hbond substituents is 2. The number of aliphatic hydroxyl groups is 1. The Hall–Kier alpha value is -1.49. The lowest BCUT2D eigenvalue weighted by Gasteiger charge is -2.17. The summed E-state index contributed by atoms with van der Waals surface area (Å²) >= 11 is 0. The van der Waals surface area contributed by atoms with Gasteiger partial charge < -0.3 is 20.1 Å². The van der Waals surface area contributed by atoms with E-state index in [1.807, 2.05) is 13.8 Å². The molecule has 4 nitrogen and oxygen atoms in total. The van der Waals surface area contributed by atoms with E-state index in [4.69, 9.17) is 4.74 Å². The highest BCUT2D eigenvalue weighted by Gasteiger charge is 2.17. The van der Waals surface area contributed by atoms with Crippen molar-refractivity contribution >= 4 is 0 Å². The zero-order valence-corrected chi connectivity index (χ0v) is 9.85. The molecular formula is C12H17FO4. The average molecular weight is 243 g/mol. The van der Waals surface area contributed by atoms with Crippen molar-refractivity contribution in [3.63, 3.8) is 0 Å². The summed E-state index contributed by atoms with van der Waals surface area (Å²) < 4.78 is 16.8. The van der Waals surface area contributed by atoms with Crippen LogP contribution >= 0.6 is 0 Å². The van der Waals surface area contributed by atoms with Gasteiger partial charge in [-0.15, -0.1) is 0 Å². The minimum atomic E-state index is -0.790. The molecule has 0 bridgehead atoms. The molecule has 5 heteroatoms. The fourth-order valence-electron chi connectivity index (χ4n) is 1.46. The molecule has 3 N–H and O–H groups in total. The molecule has 0 saturated carbocycles. The van der Waals surface area contributed by atoms with Crippen LogP contribution in [0.25, 0.3) is 0 Å². The topological polar surface area (TPSA) is 69.9 Å². The summed E-state index contributed by atoms with van der Waals surface area (Å²) in [6.45, 7) is 2.67. The molecule has 0 aromatic heterocycles. The molecule has 0 saturated heterocycles. The van der Waals surface area contributed by atoms with Gasteiger partial charge in [-0.05, 0) is 23.6 Å². The highest BCUT2D eigenvalue weighted by Crippen LogP contribution is 2.39. The molecule has 1 rings (SSSR count). The highest BCUT2D eigenvalue weighted by atomic mass is 18.2. The van der Waals surface area contributed by atoms with Gasteiger partial charge >= 0.3 is 0 Å². The van der Waals surface area contributed by atoms with Gasteiger partial charge in [-0.3, -0.25) is 0 Å². The van der Waals surface area contributed by atoms with Gasteiger partial charge in [0.25, 0.3) is 0 Å². The van der Waals surface area contributed by atoms with Gasteiger partial charge in [0.05, 0.1) is 6.10 Å². The number of hydrogen-bond acceptors (Lipinski definition) is 4. The first-order chi connectivity index (χ1) is 7.97. The third-order valence-corrected chi connectivity index (χ3v) is 2.37. The van der Waals surface area contributed by atoms with Crippen molar-refractivity contribution in [1.82, 2.24) is 0 Å². The molecule has 17 heavy (non-hydrogen) atoms. The Morgan fingerprint density at radius 1 is 1.24 bits per heavy atom. The summed E-state index contributed by atoms with van der Waals surface area (Å²) in [5.74, 6) is -0.838. The largest absolute Gasteiger partial charge is 0.504 e. The third-order valence-electron chi connectivity index (χ3n) is 2.37. The minimum Gasteiger partial charge on any atom is -0.504 e. The molecule has 1 unspecified atom stereocenters. The van der Waals surface area contributed by atoms with Gasteiger partial charge in [-0.1, -0.05) is 13.8 Å². The summed E-state index contributed by atoms with van der Waals surface area (Å²) in [7, 11) is 0. The van der Waals surface area contributed by atoms with Crippen molar-refractivity contribution in [2.24, 2.45) is 5.92 Å². The summed E-state index contributed by atoms with van der Waals surface area (Å²) in [5.41, 5.74) is 0.391. The van der Waals surface area contributed by atoms with Crippen LogP contribution < -0.4 is 4.74 Å². The van der Waals surface area contributed by atoms with Gasteiger partial charge in [0, 0.05) is 0 Å². The van der Waals surface area contributed by atoms with Crippen LogP contribution in [0.15, 0.2) is 12.1 Å². The van der Waals surface area contributed by atoms with Crippen LogP contribution in [0.5, 0.6) is 17.2 Å². The molecule has 1 aromatic rings. The summed E-state index contributed by atoms with van der Waals surface area (Å²) in [4.78, 5) is 0. The van der Waals surface area contributed by atoms with Crippen LogP contribution in [0, 0.1) is 5.92 Å². The van der Waals surface area contributed by atoms with Gasteiger partial charge in [0.15, 0.2) is 11.5 Å². The maximum absolute atomic E-state index is 11.9. The summed E-state index contributed by atoms with van der Waals surface area (Å²) in [6.07, 6.45) is -0.790. The van der Waals surface area contributed by atoms with Crippen molar-refractivity contribution in [3.8, 4) is 17.2 Å². The standard InChI is InChI=1S/C12H17FO4/c1-7(2)11(16)8-5-9(14)12(10(15)6-8)17-4-3-13/h5-7,11,14-16H,3-4H2,1-2H3/i13-1. The molecule has 0 aliphatic rings. The Morgan fingerprint density at radius 2 is 1.76 bits per heavy atom. The summed E-state index contributed by atoms with van der Waals surface area (Å²) in [5, 5.41) is 29.0. The smallest absolute Gasteiger partial charge is 0.203 e. The van der Waals surface area contributed by atoms with E-state index in [-0.39, 0.29) is 29.8 Å². The molecule has 0 fully saturated rings. The fraction of sp³-hybridized carbons (Fsp3) is 0.500. The normalized spacial score (nSPS) is 12.8. The Morgan fingerprint density at radius 3 is 2.18 bits per heavy atom. The highest BCUT2D eigenvalue weighted by molar-refractivity contribution is 5.52. The zero-order valence-electron chi connectivity index (χ0n) is 9.85. The Labute approximate surface area is 99.3 Å². The molecular weight excluding hydrogens is 226 g/mol. The lowest BCUT2D eigenvalue weighted by molar-refractivity contribution is 0.126. The molecule has 96 valence electrons. The average Bonchev–Trinajstić information content (AvgIpc) is 2.26. The number of hydrogen-bond donors (Lipinski definition) is 3. The van der Waals surface area contributed by atoms with Crippen LogP contribution in [0.1, 0.15) is 25.5 Å². The van der Waals surface area contributed by atoms with Crippen molar-refractivity contribution in [2.75, 3.05) is 13.3 Å². The van der Waals surface area contributed by atoms with E-state index >= 15 is 0 Å². The monoisotopic (exact) mass is 243 g/mol. The van der Waals surface area contributed by atoms with Gasteiger partial charge in [0.2, 0.25) is 5.75 Å². The number of phenols is 2. The van der Waals surface area contributed by atoms with E-state index in [0.29, 0.717) is 5.56 Å². The molecule has 1 atom stereocenters. The van der Waals surface area contributed by atoms with Gasteiger partial charge in [0.1, 0.15) is 13.3 Å². The van der Waals surface area contributed by atoms with Crippen LogP contribution in [0.2, 0.25) is 0 Å². The second-order valence-electron chi connectivity index (χ2n) is 4.11. The molecule has 0 spiro atoms. The molecule has 1 aromatic carbocycles. The Bertz CT molecular complexity index is 356. The predicted molar refractivity (Wildman–Crippen MR) is 61.0 cm³/mol. The van der Waals surface area contributed by atoms with Crippen molar-refractivity contribution in [2.45, 2.75) is 20.0 Å². The molecule has 0 aliphatic heterocycles. The minimum absolute atomic E-state index is 0.0496. The number of aromatic hydroxyl groups is 2. The second kappa shape index (κ2) is 5.72. The molecule has 0 heterocycles. The van der Waals surface area contributed by atoms with Crippen LogP contribution in [0.3, 0.4) is 0 Å². The Balaban J connectivity index is 3.00.